The molecule has 6 rings (SSSR count). The minimum Gasteiger partial charge on any atom is -0.508 e. The number of aromatic carboxylic acids is 1. The van der Waals surface area contributed by atoms with Crippen LogP contribution in [0.25, 0.3) is 33.4 Å². The van der Waals surface area contributed by atoms with Crippen LogP contribution >= 0.6 is 35.7 Å². The number of aromatic hydroxyl groups is 1. The molecule has 0 bridgehead atoms. The largest absolute Gasteiger partial charge is 0.508 e. The highest BCUT2D eigenvalue weighted by Gasteiger charge is 2.45. The molecule has 18 N–H and O–H groups in total. The maximum absolute atomic E-state index is 14.1. The second kappa shape index (κ2) is 35.2. The number of nitrogens with two attached hydrogens (primary N) is 1. The molecule has 1 aliphatic carbocycles. The lowest BCUT2D eigenvalue weighted by atomic mass is 9.90. The van der Waals surface area contributed by atoms with Gasteiger partial charge in [0, 0.05) is 71.9 Å². The Morgan fingerprint density at radius 1 is 0.648 bits per heavy atom. The number of rotatable bonds is 34. The number of phenolic OH excluding ortho intramolecular Hbond substituents is 1. The first-order chi connectivity index (χ1) is 42.1. The first-order valence-electron chi connectivity index (χ1n) is 28.1. The number of ether oxygens (including phenoxy) is 4. The summed E-state index contributed by atoms with van der Waals surface area (Å²) in [7, 11) is 0. The molecule has 3 aliphatic heterocycles. The van der Waals surface area contributed by atoms with Crippen molar-refractivity contribution >= 4 is 93.0 Å². The van der Waals surface area contributed by atoms with Crippen molar-refractivity contribution in [2.24, 2.45) is 5.73 Å². The van der Waals surface area contributed by atoms with Gasteiger partial charge in [-0.3, -0.25) is 28.8 Å². The Hall–Kier alpha value is -6.34. The summed E-state index contributed by atoms with van der Waals surface area (Å²) in [6.07, 6.45) is -13.3. The molecule has 5 amide bonds. The first-order valence-corrected chi connectivity index (χ1v) is 30.9. The minimum absolute atomic E-state index is 0.00522. The lowest BCUT2D eigenvalue weighted by Crippen LogP contribution is -2.59. The Labute approximate surface area is 517 Å². The predicted octanol–water partition coefficient (Wildman–Crippen LogP) is -2.23. The Morgan fingerprint density at radius 2 is 1.23 bits per heavy atom. The summed E-state index contributed by atoms with van der Waals surface area (Å²) < 4.78 is 27.5. The number of thioether (sulfide) groups is 2. The third kappa shape index (κ3) is 20.6. The normalized spacial score (nSPS) is 22.5. The van der Waals surface area contributed by atoms with Crippen molar-refractivity contribution in [1.82, 2.24) is 26.6 Å². The molecule has 0 unspecified atom stereocenters. The number of phenols is 1. The average Bonchev–Trinajstić information content (AvgIpc) is 1.46. The summed E-state index contributed by atoms with van der Waals surface area (Å²) in [5, 5.41) is 117. The van der Waals surface area contributed by atoms with E-state index >= 15 is 0 Å². The summed E-state index contributed by atoms with van der Waals surface area (Å²) in [6.45, 7) is -1.08. The number of hydrogen-bond acceptors (Lipinski definition) is 24. The molecule has 0 aromatic heterocycles. The molecule has 2 fully saturated rings. The Morgan fingerprint density at radius 3 is 1.82 bits per heavy atom. The first kappa shape index (κ1) is 70.7. The van der Waals surface area contributed by atoms with Crippen LogP contribution in [0.3, 0.4) is 0 Å². The lowest BCUT2D eigenvalue weighted by Gasteiger charge is -2.39. The van der Waals surface area contributed by atoms with Crippen LogP contribution in [0.4, 0.5) is 5.69 Å². The van der Waals surface area contributed by atoms with E-state index in [1.54, 1.807) is 18.2 Å². The number of thiocarbonyl (C=S) groups is 1. The summed E-state index contributed by atoms with van der Waals surface area (Å²) in [5.74, 6) is -3.87. The number of carboxylic acid groups (broad SMARTS) is 1. The van der Waals surface area contributed by atoms with Gasteiger partial charge in [-0.05, 0) is 92.7 Å². The molecule has 32 heteroatoms. The van der Waals surface area contributed by atoms with Gasteiger partial charge in [-0.1, -0.05) is 6.07 Å². The van der Waals surface area contributed by atoms with E-state index in [1.165, 1.54) is 48.2 Å². The van der Waals surface area contributed by atoms with Gasteiger partial charge in [0.15, 0.2) is 23.1 Å². The van der Waals surface area contributed by atoms with Gasteiger partial charge in [-0.2, -0.15) is 0 Å². The fraction of sp³-hybridized carbons (Fsp3) is 0.536. The second-order valence-electron chi connectivity index (χ2n) is 20.5. The molecule has 2 aromatic carbocycles. The van der Waals surface area contributed by atoms with Crippen molar-refractivity contribution < 1.29 is 103 Å². The molecule has 4 aliphatic rings. The van der Waals surface area contributed by atoms with Crippen molar-refractivity contribution in [2.45, 2.75) is 118 Å². The zero-order chi connectivity index (χ0) is 64.0. The van der Waals surface area contributed by atoms with Crippen molar-refractivity contribution in [3.63, 3.8) is 0 Å². The standard InChI is InChI=1S/C56H75N7O22S3/c57-41(68)13-16-59-51(77)35(5-2-4-15-60-56(86)61-28-7-10-31(34(21-28)53(79)80)44-32-11-8-29(66)22-37(32)83-38-23-30(67)9-12-33(38)44)63-52(78)36(62-43(70)27-88-20-18-82-55-50(76)48(74)46(72)40(25-65)85-55)6-1-3-14-58-42(69)26-87-19-17-81-54-49(75)47(73)45(71)39(24-64)84-54/h7-12,21-23,35-36,39-40,45-50,54-55,64-66,71-76H,1-6,13-20,24-27H2,(H2,57,68)(H,58,69)(H,59,77)(H,62,70)(H,63,78)(H,79,80)(H2,60,61,86)/t35-,36-,39+,40+,45-,46-,47-,48-,49+,50+,54-,55-/m0/s1. The Bertz CT molecular complexity index is 3030. The highest BCUT2D eigenvalue weighted by molar-refractivity contribution is 8.00. The van der Waals surface area contributed by atoms with Crippen LogP contribution in [0, 0.1) is 0 Å². The maximum atomic E-state index is 14.1. The molecule has 2 saturated heterocycles. The molecule has 0 spiro atoms. The maximum Gasteiger partial charge on any atom is 0.336 e. The smallest absolute Gasteiger partial charge is 0.336 e. The molecule has 2 aromatic rings. The van der Waals surface area contributed by atoms with Crippen LogP contribution in [0.15, 0.2) is 63.8 Å². The number of unbranched alkanes of at least 4 members (excludes halogenated alkanes) is 2. The van der Waals surface area contributed by atoms with Crippen LogP contribution < -0.4 is 43.1 Å². The summed E-state index contributed by atoms with van der Waals surface area (Å²) in [4.78, 5) is 90.3. The van der Waals surface area contributed by atoms with Crippen molar-refractivity contribution in [2.75, 3.05) is 74.4 Å². The van der Waals surface area contributed by atoms with Gasteiger partial charge >= 0.3 is 5.97 Å². The van der Waals surface area contributed by atoms with Gasteiger partial charge in [0.25, 0.3) is 0 Å². The van der Waals surface area contributed by atoms with E-state index in [-0.39, 0.29) is 114 Å². The number of fused-ring (bicyclic) bond motifs is 2. The fourth-order valence-electron chi connectivity index (χ4n) is 9.43. The van der Waals surface area contributed by atoms with Gasteiger partial charge in [0.1, 0.15) is 78.0 Å². The molecule has 0 radical (unpaired) electrons. The molecular formula is C56H75N7O22S3. The van der Waals surface area contributed by atoms with Gasteiger partial charge in [0.05, 0.1) is 43.5 Å². The van der Waals surface area contributed by atoms with Crippen LogP contribution in [-0.2, 0) is 42.9 Å². The zero-order valence-electron chi connectivity index (χ0n) is 47.5. The number of amides is 5. The van der Waals surface area contributed by atoms with Crippen molar-refractivity contribution in [1.29, 1.82) is 0 Å². The topological polar surface area (TPSA) is 470 Å². The molecule has 0 saturated carbocycles. The molecule has 3 heterocycles. The predicted molar refractivity (Wildman–Crippen MR) is 323 cm³/mol. The van der Waals surface area contributed by atoms with E-state index in [2.05, 4.69) is 31.9 Å². The van der Waals surface area contributed by atoms with Gasteiger partial charge in [-0.15, -0.1) is 23.5 Å². The van der Waals surface area contributed by atoms with Crippen LogP contribution in [0.5, 0.6) is 5.75 Å². The van der Waals surface area contributed by atoms with E-state index in [4.69, 9.17) is 41.3 Å². The van der Waals surface area contributed by atoms with Crippen LogP contribution in [0.1, 0.15) is 55.3 Å². The van der Waals surface area contributed by atoms with E-state index < -0.39 is 116 Å². The number of aliphatic hydroxyl groups excluding tert-OH is 8. The molecule has 88 heavy (non-hydrogen) atoms. The number of benzene rings is 3. The number of anilines is 1. The highest BCUT2D eigenvalue weighted by atomic mass is 32.2. The van der Waals surface area contributed by atoms with Crippen LogP contribution in [-0.4, -0.2) is 234 Å². The van der Waals surface area contributed by atoms with Crippen LogP contribution in [0.2, 0.25) is 0 Å². The fourth-order valence-corrected chi connectivity index (χ4v) is 10.9. The molecule has 12 atom stereocenters. The average molecular weight is 1290 g/mol. The third-order valence-electron chi connectivity index (χ3n) is 14.0. The molecule has 484 valence electrons. The number of carboxylic acids is 1. The minimum atomic E-state index is -1.65. The van der Waals surface area contributed by atoms with E-state index in [1.807, 2.05) is 0 Å². The quantitative estimate of drug-likeness (QED) is 0.0134. The summed E-state index contributed by atoms with van der Waals surface area (Å²) in [6, 6.07) is 10.7. The van der Waals surface area contributed by atoms with Gasteiger partial charge in [0.2, 0.25) is 29.5 Å². The summed E-state index contributed by atoms with van der Waals surface area (Å²) >= 11 is 7.81. The van der Waals surface area contributed by atoms with E-state index in [9.17, 15) is 84.6 Å². The number of primary amides is 1. The molecular weight excluding hydrogens is 1220 g/mol. The monoisotopic (exact) mass is 1290 g/mol. The molecule has 29 nitrogen and oxygen atoms in total. The SMILES string of the molecule is NC(=O)CCNC(=O)[C@H](CCCCNC(=S)Nc1ccc(-c2c3ccc(=O)cc-3oc3cc(O)ccc23)c(C(=O)O)c1)NC(=O)[C@H](CCCCNC(=O)CSCCO[C@H]1O[C@H](CO)[C@H](O)[C@H](O)[C@H]1O)NC(=O)CSCCO[C@H]1O[C@H](CO)[C@H](O)[C@H](O)[C@H]1O. The number of nitrogens with one attached hydrogen (secondary N) is 6. The van der Waals surface area contributed by atoms with Gasteiger partial charge in [-0.25, -0.2) is 4.79 Å². The number of carbonyl (C=O) groups excluding carboxylic acids is 5. The summed E-state index contributed by atoms with van der Waals surface area (Å²) in [5.41, 5.74) is 6.61. The second-order valence-corrected chi connectivity index (χ2v) is 23.2. The lowest BCUT2D eigenvalue weighted by molar-refractivity contribution is -0.299. The number of carbonyl (C=O) groups is 6. The number of hydrogen-bond donors (Lipinski definition) is 17. The van der Waals surface area contributed by atoms with Crippen molar-refractivity contribution in [3.8, 4) is 28.2 Å². The number of aliphatic hydroxyl groups is 8. The van der Waals surface area contributed by atoms with Crippen molar-refractivity contribution in [3.05, 3.63) is 70.4 Å². The zero-order valence-corrected chi connectivity index (χ0v) is 50.0. The third-order valence-corrected chi connectivity index (χ3v) is 16.1. The van der Waals surface area contributed by atoms with E-state index in [0.29, 0.717) is 53.4 Å². The Kier molecular flexibility index (Phi) is 28.3. The Balaban J connectivity index is 1.02. The van der Waals surface area contributed by atoms with Gasteiger partial charge < -0.3 is 112 Å². The highest BCUT2D eigenvalue weighted by Crippen LogP contribution is 2.42. The van der Waals surface area contributed by atoms with E-state index in [0.717, 1.165) is 11.8 Å².